The highest BCUT2D eigenvalue weighted by molar-refractivity contribution is 7.88. The van der Waals surface area contributed by atoms with Crippen LogP contribution in [-0.2, 0) is 19.6 Å². The van der Waals surface area contributed by atoms with Crippen molar-refractivity contribution in [2.75, 3.05) is 23.4 Å². The van der Waals surface area contributed by atoms with Gasteiger partial charge in [-0.1, -0.05) is 12.5 Å². The Bertz CT molecular complexity index is 660. The molecule has 1 aliphatic heterocycles. The molecule has 0 saturated carbocycles. The van der Waals surface area contributed by atoms with Crippen molar-refractivity contribution in [3.8, 4) is 0 Å². The van der Waals surface area contributed by atoms with Crippen molar-refractivity contribution >= 4 is 33.7 Å². The molecule has 0 spiro atoms. The summed E-state index contributed by atoms with van der Waals surface area (Å²) in [5.41, 5.74) is 1.06. The highest BCUT2D eigenvalue weighted by atomic mass is 32.2. The Balaban J connectivity index is 2.13. The number of hydrogen-bond acceptors (Lipinski definition) is 4. The Morgan fingerprint density at radius 1 is 1.32 bits per heavy atom. The fourth-order valence-electron chi connectivity index (χ4n) is 2.54. The van der Waals surface area contributed by atoms with Gasteiger partial charge in [0.25, 0.3) is 0 Å². The number of sulfonamides is 1. The van der Waals surface area contributed by atoms with E-state index in [4.69, 9.17) is 0 Å². The quantitative estimate of drug-likeness (QED) is 0.790. The molecule has 7 nitrogen and oxygen atoms in total. The number of nitrogens with zero attached hydrogens (tertiary/aromatic N) is 1. The third-order valence-electron chi connectivity index (χ3n) is 3.54. The molecule has 0 aromatic heterocycles. The molecule has 0 bridgehead atoms. The summed E-state index contributed by atoms with van der Waals surface area (Å²) in [4.78, 5) is 22.8. The van der Waals surface area contributed by atoms with E-state index < -0.39 is 16.1 Å². The van der Waals surface area contributed by atoms with Gasteiger partial charge in [0.2, 0.25) is 22.3 Å². The second kappa shape index (κ2) is 6.89. The molecule has 1 saturated heterocycles. The monoisotopic (exact) mass is 325 g/mol. The molecule has 2 amide bonds. The third-order valence-corrected chi connectivity index (χ3v) is 4.83. The first-order valence-electron chi connectivity index (χ1n) is 7.00. The predicted octanol–water partition coefficient (Wildman–Crippen LogP) is 1.01. The van der Waals surface area contributed by atoms with E-state index in [0.717, 1.165) is 19.1 Å². The van der Waals surface area contributed by atoms with Crippen molar-refractivity contribution in [3.05, 3.63) is 24.3 Å². The van der Waals surface area contributed by atoms with Gasteiger partial charge in [-0.25, -0.2) is 8.42 Å². The van der Waals surface area contributed by atoms with Crippen LogP contribution in [0.25, 0.3) is 0 Å². The van der Waals surface area contributed by atoms with E-state index in [1.807, 2.05) is 0 Å². The van der Waals surface area contributed by atoms with Crippen LogP contribution < -0.4 is 10.6 Å². The summed E-state index contributed by atoms with van der Waals surface area (Å²) in [6.07, 6.45) is 3.75. The van der Waals surface area contributed by atoms with Gasteiger partial charge in [0.15, 0.2) is 0 Å². The smallest absolute Gasteiger partial charge is 0.242 e. The number of nitrogens with one attached hydrogen (secondary N) is 2. The molecule has 22 heavy (non-hydrogen) atoms. The second-order valence-electron chi connectivity index (χ2n) is 5.22. The van der Waals surface area contributed by atoms with Gasteiger partial charge in [0, 0.05) is 17.9 Å². The highest BCUT2D eigenvalue weighted by Gasteiger charge is 2.34. The zero-order valence-corrected chi connectivity index (χ0v) is 13.1. The Morgan fingerprint density at radius 2 is 2.05 bits per heavy atom. The summed E-state index contributed by atoms with van der Waals surface area (Å²) in [5, 5.41) is 5.21. The van der Waals surface area contributed by atoms with E-state index in [-0.39, 0.29) is 5.91 Å². The van der Waals surface area contributed by atoms with Gasteiger partial charge in [-0.15, -0.1) is 0 Å². The fraction of sp³-hybridized carbons (Fsp3) is 0.429. The van der Waals surface area contributed by atoms with Gasteiger partial charge >= 0.3 is 0 Å². The normalized spacial score (nSPS) is 19.4. The maximum Gasteiger partial charge on any atom is 0.242 e. The SMILES string of the molecule is CS(=O)(=O)N1CCCCC1C(=O)Nc1cccc(NC=O)c1. The molecule has 0 radical (unpaired) electrons. The molecule has 1 aliphatic rings. The second-order valence-corrected chi connectivity index (χ2v) is 7.15. The molecule has 2 rings (SSSR count). The lowest BCUT2D eigenvalue weighted by Gasteiger charge is -2.32. The predicted molar refractivity (Wildman–Crippen MR) is 83.9 cm³/mol. The van der Waals surface area contributed by atoms with E-state index in [1.54, 1.807) is 24.3 Å². The first kappa shape index (κ1) is 16.4. The summed E-state index contributed by atoms with van der Waals surface area (Å²) in [5.74, 6) is -0.353. The highest BCUT2D eigenvalue weighted by Crippen LogP contribution is 2.22. The van der Waals surface area contributed by atoms with Gasteiger partial charge in [0.1, 0.15) is 6.04 Å². The van der Waals surface area contributed by atoms with Crippen LogP contribution in [0.3, 0.4) is 0 Å². The topological polar surface area (TPSA) is 95.6 Å². The summed E-state index contributed by atoms with van der Waals surface area (Å²) >= 11 is 0. The van der Waals surface area contributed by atoms with Crippen LogP contribution in [0, 0.1) is 0 Å². The molecule has 1 heterocycles. The summed E-state index contributed by atoms with van der Waals surface area (Å²) < 4.78 is 24.8. The molecule has 1 aromatic rings. The third kappa shape index (κ3) is 4.05. The number of carbonyl (C=O) groups excluding carboxylic acids is 2. The maximum absolute atomic E-state index is 12.4. The van der Waals surface area contributed by atoms with Gasteiger partial charge in [0.05, 0.1) is 6.26 Å². The van der Waals surface area contributed by atoms with Crippen LogP contribution in [0.15, 0.2) is 24.3 Å². The number of carbonyl (C=O) groups is 2. The van der Waals surface area contributed by atoms with Crippen LogP contribution >= 0.6 is 0 Å². The molecular weight excluding hydrogens is 306 g/mol. The van der Waals surface area contributed by atoms with Crippen molar-refractivity contribution in [1.82, 2.24) is 4.31 Å². The minimum Gasteiger partial charge on any atom is -0.329 e. The van der Waals surface area contributed by atoms with Gasteiger partial charge in [-0.2, -0.15) is 4.31 Å². The molecule has 0 aliphatic carbocycles. The minimum absolute atomic E-state index is 0.353. The van der Waals surface area contributed by atoms with Crippen LogP contribution in [0.1, 0.15) is 19.3 Å². The number of amides is 2. The Hall–Kier alpha value is -1.93. The van der Waals surface area contributed by atoms with E-state index in [0.29, 0.717) is 30.8 Å². The van der Waals surface area contributed by atoms with E-state index in [9.17, 15) is 18.0 Å². The number of anilines is 2. The Kier molecular flexibility index (Phi) is 5.15. The summed E-state index contributed by atoms with van der Waals surface area (Å²) in [7, 11) is -3.42. The lowest BCUT2D eigenvalue weighted by atomic mass is 10.0. The molecule has 2 N–H and O–H groups in total. The minimum atomic E-state index is -3.42. The van der Waals surface area contributed by atoms with Crippen LogP contribution in [0.5, 0.6) is 0 Å². The van der Waals surface area contributed by atoms with Crippen molar-refractivity contribution < 1.29 is 18.0 Å². The molecule has 1 fully saturated rings. The van der Waals surface area contributed by atoms with Crippen molar-refractivity contribution in [3.63, 3.8) is 0 Å². The molecule has 1 aromatic carbocycles. The lowest BCUT2D eigenvalue weighted by Crippen LogP contribution is -2.49. The van der Waals surface area contributed by atoms with E-state index in [1.165, 1.54) is 4.31 Å². The number of benzene rings is 1. The molecule has 1 atom stereocenters. The summed E-state index contributed by atoms with van der Waals surface area (Å²) in [6, 6.07) is 5.98. The average Bonchev–Trinajstić information content (AvgIpc) is 2.47. The molecule has 8 heteroatoms. The van der Waals surface area contributed by atoms with Gasteiger partial charge in [-0.3, -0.25) is 9.59 Å². The average molecular weight is 325 g/mol. The van der Waals surface area contributed by atoms with Crippen molar-refractivity contribution in [2.45, 2.75) is 25.3 Å². The fourth-order valence-corrected chi connectivity index (χ4v) is 3.67. The molecular formula is C14H19N3O4S. The summed E-state index contributed by atoms with van der Waals surface area (Å²) in [6.45, 7) is 0.365. The first-order valence-corrected chi connectivity index (χ1v) is 8.84. The zero-order valence-electron chi connectivity index (χ0n) is 12.3. The van der Waals surface area contributed by atoms with Gasteiger partial charge < -0.3 is 10.6 Å². The molecule has 120 valence electrons. The van der Waals surface area contributed by atoms with Crippen molar-refractivity contribution in [1.29, 1.82) is 0 Å². The number of hydrogen-bond donors (Lipinski definition) is 2. The number of piperidine rings is 1. The first-order chi connectivity index (χ1) is 10.4. The Morgan fingerprint density at radius 3 is 2.73 bits per heavy atom. The van der Waals surface area contributed by atoms with E-state index >= 15 is 0 Å². The van der Waals surface area contributed by atoms with E-state index in [2.05, 4.69) is 10.6 Å². The van der Waals surface area contributed by atoms with Crippen LogP contribution in [-0.4, -0.2) is 43.9 Å². The largest absolute Gasteiger partial charge is 0.329 e. The van der Waals surface area contributed by atoms with Crippen molar-refractivity contribution in [2.24, 2.45) is 0 Å². The van der Waals surface area contributed by atoms with Crippen LogP contribution in [0.2, 0.25) is 0 Å². The van der Waals surface area contributed by atoms with Crippen LogP contribution in [0.4, 0.5) is 11.4 Å². The standard InChI is InChI=1S/C14H19N3O4S/c1-22(20,21)17-8-3-2-7-13(17)14(19)16-12-6-4-5-11(9-12)15-10-18/h4-6,9-10,13H,2-3,7-8H2,1H3,(H,15,18)(H,16,19). The number of rotatable bonds is 5. The molecule has 1 unspecified atom stereocenters. The Labute approximate surface area is 129 Å². The van der Waals surface area contributed by atoms with Gasteiger partial charge in [-0.05, 0) is 31.0 Å². The maximum atomic E-state index is 12.4. The zero-order chi connectivity index (χ0) is 16.2. The lowest BCUT2D eigenvalue weighted by molar-refractivity contribution is -0.120.